The van der Waals surface area contributed by atoms with Gasteiger partial charge < -0.3 is 5.11 Å². The van der Waals surface area contributed by atoms with Crippen molar-refractivity contribution in [2.24, 2.45) is 0 Å². The first-order chi connectivity index (χ1) is 9.90. The first-order valence-corrected chi connectivity index (χ1v) is 8.96. The van der Waals surface area contributed by atoms with Crippen LogP contribution in [0.5, 0.6) is 0 Å². The van der Waals surface area contributed by atoms with Crippen molar-refractivity contribution in [2.75, 3.05) is 6.54 Å². The molecular weight excluding hydrogens is 380 g/mol. The minimum absolute atomic E-state index is 0.0813. The largest absolute Gasteiger partial charge is 0.478 e. The summed E-state index contributed by atoms with van der Waals surface area (Å²) in [4.78, 5) is 15.0. The molecule has 0 bridgehead atoms. The quantitative estimate of drug-likeness (QED) is 0.787. The SMILES string of the molecule is O=C(O)c1cc(S(=O)(=O)NCCc2nccs2)ccc1Br. The predicted octanol–water partition coefficient (Wildman–Crippen LogP) is 2.12. The minimum Gasteiger partial charge on any atom is -0.478 e. The number of carbonyl (C=O) groups is 1. The summed E-state index contributed by atoms with van der Waals surface area (Å²) in [6.07, 6.45) is 2.14. The van der Waals surface area contributed by atoms with Gasteiger partial charge in [0, 0.05) is 29.0 Å². The highest BCUT2D eigenvalue weighted by molar-refractivity contribution is 9.10. The smallest absolute Gasteiger partial charge is 0.336 e. The lowest BCUT2D eigenvalue weighted by molar-refractivity contribution is 0.0695. The van der Waals surface area contributed by atoms with E-state index < -0.39 is 16.0 Å². The Morgan fingerprint density at radius 2 is 2.19 bits per heavy atom. The number of thiazole rings is 1. The Morgan fingerprint density at radius 1 is 1.43 bits per heavy atom. The first kappa shape index (κ1) is 16.1. The van der Waals surface area contributed by atoms with Crippen molar-refractivity contribution in [3.63, 3.8) is 0 Å². The third-order valence-corrected chi connectivity index (χ3v) is 5.58. The third kappa shape index (κ3) is 4.10. The zero-order chi connectivity index (χ0) is 15.5. The van der Waals surface area contributed by atoms with E-state index in [9.17, 15) is 13.2 Å². The van der Waals surface area contributed by atoms with Crippen LogP contribution in [0.2, 0.25) is 0 Å². The Labute approximate surface area is 134 Å². The summed E-state index contributed by atoms with van der Waals surface area (Å²) < 4.78 is 27.0. The topological polar surface area (TPSA) is 96.4 Å². The molecule has 0 aliphatic heterocycles. The molecular formula is C12H11BrN2O4S2. The van der Waals surface area contributed by atoms with Gasteiger partial charge in [0.05, 0.1) is 15.5 Å². The summed E-state index contributed by atoms with van der Waals surface area (Å²) in [6.45, 7) is 0.203. The van der Waals surface area contributed by atoms with Crippen LogP contribution in [0.1, 0.15) is 15.4 Å². The van der Waals surface area contributed by atoms with E-state index in [0.717, 1.165) is 11.1 Å². The number of nitrogens with one attached hydrogen (secondary N) is 1. The standard InChI is InChI=1S/C12H11BrN2O4S2/c13-10-2-1-8(7-9(10)12(16)17)21(18,19)15-4-3-11-14-5-6-20-11/h1-2,5-7,15H,3-4H2,(H,16,17). The number of nitrogens with zero attached hydrogens (tertiary/aromatic N) is 1. The highest BCUT2D eigenvalue weighted by Gasteiger charge is 2.17. The fourth-order valence-electron chi connectivity index (χ4n) is 1.59. The number of carboxylic acids is 1. The van der Waals surface area contributed by atoms with Gasteiger partial charge in [-0.25, -0.2) is 22.9 Å². The Balaban J connectivity index is 2.12. The van der Waals surface area contributed by atoms with Crippen LogP contribution in [-0.4, -0.2) is 31.0 Å². The van der Waals surface area contributed by atoms with Crippen molar-refractivity contribution in [3.8, 4) is 0 Å². The molecule has 0 saturated carbocycles. The number of rotatable bonds is 6. The van der Waals surface area contributed by atoms with E-state index in [-0.39, 0.29) is 17.0 Å². The summed E-state index contributed by atoms with van der Waals surface area (Å²) >= 11 is 4.52. The molecule has 0 saturated heterocycles. The van der Waals surface area contributed by atoms with Crippen molar-refractivity contribution in [1.82, 2.24) is 9.71 Å². The monoisotopic (exact) mass is 390 g/mol. The van der Waals surface area contributed by atoms with E-state index in [2.05, 4.69) is 25.6 Å². The molecule has 1 heterocycles. The molecule has 2 N–H and O–H groups in total. The van der Waals surface area contributed by atoms with Gasteiger partial charge in [0.1, 0.15) is 0 Å². The molecule has 112 valence electrons. The van der Waals surface area contributed by atoms with E-state index in [1.807, 2.05) is 5.38 Å². The molecule has 0 spiro atoms. The van der Waals surface area contributed by atoms with Crippen molar-refractivity contribution in [1.29, 1.82) is 0 Å². The minimum atomic E-state index is -3.74. The van der Waals surface area contributed by atoms with Gasteiger partial charge in [-0.2, -0.15) is 0 Å². The third-order valence-electron chi connectivity index (χ3n) is 2.59. The van der Waals surface area contributed by atoms with E-state index in [0.29, 0.717) is 10.9 Å². The average molecular weight is 391 g/mol. The molecule has 1 aromatic heterocycles. The van der Waals surface area contributed by atoms with E-state index in [1.165, 1.54) is 23.5 Å². The lowest BCUT2D eigenvalue weighted by atomic mass is 10.2. The molecule has 0 atom stereocenters. The van der Waals surface area contributed by atoms with Crippen LogP contribution in [0.15, 0.2) is 39.1 Å². The average Bonchev–Trinajstić information content (AvgIpc) is 2.91. The Bertz CT molecular complexity index is 745. The number of sulfonamides is 1. The summed E-state index contributed by atoms with van der Waals surface area (Å²) in [6, 6.07) is 3.87. The van der Waals surface area contributed by atoms with E-state index in [1.54, 1.807) is 6.20 Å². The van der Waals surface area contributed by atoms with Crippen molar-refractivity contribution >= 4 is 43.3 Å². The number of aromatic carboxylic acids is 1. The second-order valence-electron chi connectivity index (χ2n) is 4.02. The molecule has 0 fully saturated rings. The van der Waals surface area contributed by atoms with Crippen LogP contribution in [0.4, 0.5) is 0 Å². The van der Waals surface area contributed by atoms with Crippen LogP contribution in [0.25, 0.3) is 0 Å². The molecule has 2 aromatic rings. The maximum absolute atomic E-state index is 12.1. The second-order valence-corrected chi connectivity index (χ2v) is 7.62. The fourth-order valence-corrected chi connectivity index (χ4v) is 3.68. The molecule has 0 aliphatic carbocycles. The van der Waals surface area contributed by atoms with Gasteiger partial charge in [-0.15, -0.1) is 11.3 Å². The maximum Gasteiger partial charge on any atom is 0.336 e. The lowest BCUT2D eigenvalue weighted by Crippen LogP contribution is -2.26. The number of carboxylic acid groups (broad SMARTS) is 1. The zero-order valence-electron chi connectivity index (χ0n) is 10.6. The Hall–Kier alpha value is -1.29. The molecule has 9 heteroatoms. The van der Waals surface area contributed by atoms with Gasteiger partial charge in [0.2, 0.25) is 10.0 Å². The Kier molecular flexibility index (Phi) is 5.09. The number of hydrogen-bond donors (Lipinski definition) is 2. The summed E-state index contributed by atoms with van der Waals surface area (Å²) in [7, 11) is -3.74. The first-order valence-electron chi connectivity index (χ1n) is 5.81. The molecule has 21 heavy (non-hydrogen) atoms. The summed E-state index contributed by atoms with van der Waals surface area (Å²) in [5.41, 5.74) is -0.0993. The number of halogens is 1. The zero-order valence-corrected chi connectivity index (χ0v) is 13.8. The molecule has 2 rings (SSSR count). The van der Waals surface area contributed by atoms with Crippen LogP contribution in [0.3, 0.4) is 0 Å². The lowest BCUT2D eigenvalue weighted by Gasteiger charge is -2.07. The number of aromatic nitrogens is 1. The van der Waals surface area contributed by atoms with Gasteiger partial charge >= 0.3 is 5.97 Å². The van der Waals surface area contributed by atoms with E-state index in [4.69, 9.17) is 5.11 Å². The number of benzene rings is 1. The highest BCUT2D eigenvalue weighted by Crippen LogP contribution is 2.21. The normalized spacial score (nSPS) is 11.5. The van der Waals surface area contributed by atoms with Crippen molar-refractivity contribution in [3.05, 3.63) is 44.8 Å². The number of hydrogen-bond acceptors (Lipinski definition) is 5. The Morgan fingerprint density at radius 3 is 2.81 bits per heavy atom. The van der Waals surface area contributed by atoms with Crippen molar-refractivity contribution in [2.45, 2.75) is 11.3 Å². The molecule has 0 aliphatic rings. The maximum atomic E-state index is 12.1. The molecule has 0 amide bonds. The van der Waals surface area contributed by atoms with Crippen LogP contribution in [0, 0.1) is 0 Å². The van der Waals surface area contributed by atoms with Crippen LogP contribution < -0.4 is 4.72 Å². The van der Waals surface area contributed by atoms with Crippen LogP contribution in [-0.2, 0) is 16.4 Å². The molecule has 0 unspecified atom stereocenters. The van der Waals surface area contributed by atoms with Gasteiger partial charge in [0.15, 0.2) is 0 Å². The van der Waals surface area contributed by atoms with Crippen molar-refractivity contribution < 1.29 is 18.3 Å². The highest BCUT2D eigenvalue weighted by atomic mass is 79.9. The molecule has 0 radical (unpaired) electrons. The van der Waals surface area contributed by atoms with Crippen LogP contribution >= 0.6 is 27.3 Å². The second kappa shape index (κ2) is 6.65. The fraction of sp³-hybridized carbons (Fsp3) is 0.167. The van der Waals surface area contributed by atoms with Gasteiger partial charge in [-0.1, -0.05) is 0 Å². The molecule has 1 aromatic carbocycles. The van der Waals surface area contributed by atoms with E-state index >= 15 is 0 Å². The van der Waals surface area contributed by atoms with Gasteiger partial charge in [0.25, 0.3) is 0 Å². The molecule has 6 nitrogen and oxygen atoms in total. The van der Waals surface area contributed by atoms with Gasteiger partial charge in [-0.3, -0.25) is 0 Å². The summed E-state index contributed by atoms with van der Waals surface area (Å²) in [5.74, 6) is -1.19. The van der Waals surface area contributed by atoms with Gasteiger partial charge in [-0.05, 0) is 34.1 Å². The summed E-state index contributed by atoms with van der Waals surface area (Å²) in [5, 5.41) is 11.7. The predicted molar refractivity (Wildman–Crippen MR) is 82.1 cm³/mol.